The molecule has 2 rings (SSSR count). The highest BCUT2D eigenvalue weighted by molar-refractivity contribution is 7.89. The Bertz CT molecular complexity index is 948. The standard InChI is InChI=1S/C16H15ClF3N3O3S/c1-9(10-2-5-12(6-3-10)27(21,25)26)22-15(24)23-11-4-7-14(17)13(8-11)16(18,19)20/h2-9H,1H3,(H2,21,25,26)(H2,22,23,24). The summed E-state index contributed by atoms with van der Waals surface area (Å²) >= 11 is 5.53. The first kappa shape index (κ1) is 21.0. The van der Waals surface area contributed by atoms with Crippen molar-refractivity contribution >= 4 is 33.3 Å². The van der Waals surface area contributed by atoms with E-state index in [0.29, 0.717) is 5.56 Å². The molecule has 0 fully saturated rings. The molecule has 0 spiro atoms. The third-order valence-electron chi connectivity index (χ3n) is 3.59. The highest BCUT2D eigenvalue weighted by atomic mass is 35.5. The quantitative estimate of drug-likeness (QED) is 0.698. The van der Waals surface area contributed by atoms with E-state index in [2.05, 4.69) is 10.6 Å². The normalized spacial score (nSPS) is 13.1. The molecule has 2 aromatic rings. The monoisotopic (exact) mass is 421 g/mol. The van der Waals surface area contributed by atoms with Crippen LogP contribution in [-0.4, -0.2) is 14.4 Å². The summed E-state index contributed by atoms with van der Waals surface area (Å²) in [4.78, 5) is 11.9. The molecule has 11 heteroatoms. The van der Waals surface area contributed by atoms with Gasteiger partial charge >= 0.3 is 12.2 Å². The number of carbonyl (C=O) groups is 1. The molecule has 0 aromatic heterocycles. The first-order valence-corrected chi connectivity index (χ1v) is 9.37. The Kier molecular flexibility index (Phi) is 6.03. The van der Waals surface area contributed by atoms with Gasteiger partial charge in [-0.25, -0.2) is 18.4 Å². The van der Waals surface area contributed by atoms with Crippen LogP contribution in [0.15, 0.2) is 47.4 Å². The lowest BCUT2D eigenvalue weighted by Crippen LogP contribution is -2.31. The van der Waals surface area contributed by atoms with Gasteiger partial charge in [0.25, 0.3) is 0 Å². The summed E-state index contributed by atoms with van der Waals surface area (Å²) in [6.07, 6.45) is -4.65. The van der Waals surface area contributed by atoms with E-state index in [1.165, 1.54) is 30.3 Å². The number of urea groups is 1. The molecule has 0 heterocycles. The lowest BCUT2D eigenvalue weighted by molar-refractivity contribution is -0.137. The average Bonchev–Trinajstić information content (AvgIpc) is 2.54. The molecule has 0 aliphatic heterocycles. The molecule has 2 aromatic carbocycles. The molecule has 0 saturated heterocycles. The van der Waals surface area contributed by atoms with Crippen LogP contribution >= 0.6 is 11.6 Å². The number of nitrogens with one attached hydrogen (secondary N) is 2. The number of sulfonamides is 1. The smallest absolute Gasteiger partial charge is 0.331 e. The highest BCUT2D eigenvalue weighted by Gasteiger charge is 2.33. The summed E-state index contributed by atoms with van der Waals surface area (Å²) in [5, 5.41) is 9.35. The van der Waals surface area contributed by atoms with Crippen molar-refractivity contribution in [1.82, 2.24) is 5.32 Å². The van der Waals surface area contributed by atoms with Crippen LogP contribution in [0.4, 0.5) is 23.7 Å². The topological polar surface area (TPSA) is 101 Å². The number of carbonyl (C=O) groups excluding carboxylic acids is 1. The third-order valence-corrected chi connectivity index (χ3v) is 4.84. The minimum Gasteiger partial charge on any atom is -0.331 e. The fraction of sp³-hybridized carbons (Fsp3) is 0.188. The Morgan fingerprint density at radius 2 is 1.74 bits per heavy atom. The first-order chi connectivity index (χ1) is 12.4. The maximum atomic E-state index is 12.8. The van der Waals surface area contributed by atoms with Crippen LogP contribution in [0.1, 0.15) is 24.1 Å². The molecule has 2 amide bonds. The highest BCUT2D eigenvalue weighted by Crippen LogP contribution is 2.36. The van der Waals surface area contributed by atoms with Crippen molar-refractivity contribution in [2.45, 2.75) is 24.0 Å². The van der Waals surface area contributed by atoms with Crippen LogP contribution in [0, 0.1) is 0 Å². The number of halogens is 4. The maximum absolute atomic E-state index is 12.8. The average molecular weight is 422 g/mol. The van der Waals surface area contributed by atoms with Gasteiger partial charge in [-0.1, -0.05) is 23.7 Å². The van der Waals surface area contributed by atoms with Crippen LogP contribution in [-0.2, 0) is 16.2 Å². The van der Waals surface area contributed by atoms with Crippen molar-refractivity contribution in [3.8, 4) is 0 Å². The molecular formula is C16H15ClF3N3O3S. The molecule has 0 aliphatic rings. The molecule has 0 aliphatic carbocycles. The van der Waals surface area contributed by atoms with E-state index in [1.54, 1.807) is 6.92 Å². The molecule has 4 N–H and O–H groups in total. The van der Waals surface area contributed by atoms with Crippen molar-refractivity contribution in [2.24, 2.45) is 5.14 Å². The van der Waals surface area contributed by atoms with Crippen LogP contribution in [0.25, 0.3) is 0 Å². The van der Waals surface area contributed by atoms with Gasteiger partial charge < -0.3 is 10.6 Å². The Labute approximate surface area is 158 Å². The SMILES string of the molecule is CC(NC(=O)Nc1ccc(Cl)c(C(F)(F)F)c1)c1ccc(S(N)(=O)=O)cc1. The summed E-state index contributed by atoms with van der Waals surface area (Å²) in [6.45, 7) is 1.62. The van der Waals surface area contributed by atoms with E-state index in [-0.39, 0.29) is 10.6 Å². The van der Waals surface area contributed by atoms with Crippen molar-refractivity contribution in [1.29, 1.82) is 0 Å². The zero-order valence-electron chi connectivity index (χ0n) is 13.8. The lowest BCUT2D eigenvalue weighted by atomic mass is 10.1. The van der Waals surface area contributed by atoms with Crippen LogP contribution in [0.5, 0.6) is 0 Å². The zero-order chi connectivity index (χ0) is 20.4. The largest absolute Gasteiger partial charge is 0.417 e. The third kappa shape index (κ3) is 5.59. The van der Waals surface area contributed by atoms with Crippen molar-refractivity contribution < 1.29 is 26.4 Å². The Balaban J connectivity index is 2.07. The van der Waals surface area contributed by atoms with Gasteiger partial charge in [-0.2, -0.15) is 13.2 Å². The van der Waals surface area contributed by atoms with Crippen molar-refractivity contribution in [2.75, 3.05) is 5.32 Å². The number of rotatable bonds is 4. The molecular weight excluding hydrogens is 407 g/mol. The summed E-state index contributed by atoms with van der Waals surface area (Å²) < 4.78 is 61.0. The Morgan fingerprint density at radius 3 is 2.26 bits per heavy atom. The molecule has 1 unspecified atom stereocenters. The van der Waals surface area contributed by atoms with Gasteiger partial charge in [0.1, 0.15) is 0 Å². The van der Waals surface area contributed by atoms with Crippen LogP contribution in [0.3, 0.4) is 0 Å². The molecule has 0 radical (unpaired) electrons. The van der Waals surface area contributed by atoms with E-state index in [1.807, 2.05) is 0 Å². The van der Waals surface area contributed by atoms with Gasteiger partial charge in [0.05, 0.1) is 21.5 Å². The van der Waals surface area contributed by atoms with Gasteiger partial charge in [0, 0.05) is 5.69 Å². The number of anilines is 1. The second kappa shape index (κ2) is 7.75. The van der Waals surface area contributed by atoms with Crippen LogP contribution in [0.2, 0.25) is 5.02 Å². The number of hydrogen-bond acceptors (Lipinski definition) is 3. The van der Waals surface area contributed by atoms with Crippen molar-refractivity contribution in [3.05, 3.63) is 58.6 Å². The molecule has 27 heavy (non-hydrogen) atoms. The Morgan fingerprint density at radius 1 is 1.15 bits per heavy atom. The number of nitrogens with two attached hydrogens (primary N) is 1. The van der Waals surface area contributed by atoms with E-state index in [0.717, 1.165) is 12.1 Å². The minimum absolute atomic E-state index is 0.0799. The predicted octanol–water partition coefficient (Wildman–Crippen LogP) is 3.89. The number of primary sulfonamides is 1. The predicted molar refractivity (Wildman–Crippen MR) is 94.8 cm³/mol. The van der Waals surface area contributed by atoms with Crippen molar-refractivity contribution in [3.63, 3.8) is 0 Å². The number of benzene rings is 2. The number of amides is 2. The van der Waals surface area contributed by atoms with E-state index in [4.69, 9.17) is 16.7 Å². The number of alkyl halides is 3. The second-order valence-electron chi connectivity index (χ2n) is 5.63. The van der Waals surface area contributed by atoms with Crippen LogP contribution < -0.4 is 15.8 Å². The summed E-state index contributed by atoms with van der Waals surface area (Å²) in [5.41, 5.74) is -0.570. The summed E-state index contributed by atoms with van der Waals surface area (Å²) in [6, 6.07) is 7.22. The fourth-order valence-corrected chi connectivity index (χ4v) is 2.95. The zero-order valence-corrected chi connectivity index (χ0v) is 15.4. The first-order valence-electron chi connectivity index (χ1n) is 7.45. The summed E-state index contributed by atoms with van der Waals surface area (Å²) in [7, 11) is -3.83. The van der Waals surface area contributed by atoms with E-state index < -0.39 is 38.9 Å². The van der Waals surface area contributed by atoms with Gasteiger partial charge in [-0.05, 0) is 42.8 Å². The molecule has 6 nitrogen and oxygen atoms in total. The maximum Gasteiger partial charge on any atom is 0.417 e. The molecule has 0 bridgehead atoms. The Hall–Kier alpha value is -2.30. The lowest BCUT2D eigenvalue weighted by Gasteiger charge is -2.16. The molecule has 146 valence electrons. The van der Waals surface area contributed by atoms with E-state index >= 15 is 0 Å². The van der Waals surface area contributed by atoms with E-state index in [9.17, 15) is 26.4 Å². The van der Waals surface area contributed by atoms with Gasteiger partial charge in [-0.3, -0.25) is 0 Å². The number of hydrogen-bond donors (Lipinski definition) is 3. The van der Waals surface area contributed by atoms with Gasteiger partial charge in [0.15, 0.2) is 0 Å². The molecule has 1 atom stereocenters. The van der Waals surface area contributed by atoms with Gasteiger partial charge in [-0.15, -0.1) is 0 Å². The fourth-order valence-electron chi connectivity index (χ4n) is 2.21. The summed E-state index contributed by atoms with van der Waals surface area (Å²) in [5.74, 6) is 0. The molecule has 0 saturated carbocycles. The second-order valence-corrected chi connectivity index (χ2v) is 7.60. The minimum atomic E-state index is -4.65. The van der Waals surface area contributed by atoms with Gasteiger partial charge in [0.2, 0.25) is 10.0 Å².